The van der Waals surface area contributed by atoms with Gasteiger partial charge in [-0.3, -0.25) is 9.88 Å². The van der Waals surface area contributed by atoms with Gasteiger partial charge in [0.2, 0.25) is 0 Å². The molecule has 3 heterocycles. The summed E-state index contributed by atoms with van der Waals surface area (Å²) in [5, 5.41) is 1.45. The standard InChI is InChI=1S/C24H31N3/c1-18(2)10-13-26-14-12-24-22(17-26)21-6-4-5-7-23(21)27(24)15-11-20-9-8-19(3)25-16-20/h4-9,16,18H,10-15,17H2,1-3H3. The van der Waals surface area contributed by atoms with Gasteiger partial charge in [-0.05, 0) is 55.5 Å². The van der Waals surface area contributed by atoms with E-state index in [1.165, 1.54) is 36.0 Å². The first kappa shape index (κ1) is 18.2. The molecule has 0 spiro atoms. The Hall–Kier alpha value is -2.13. The molecule has 0 fully saturated rings. The molecule has 3 aromatic rings. The van der Waals surface area contributed by atoms with Gasteiger partial charge in [0.05, 0.1) is 0 Å². The van der Waals surface area contributed by atoms with E-state index in [0.717, 1.165) is 37.5 Å². The fourth-order valence-electron chi connectivity index (χ4n) is 4.23. The molecule has 0 saturated carbocycles. The largest absolute Gasteiger partial charge is 0.344 e. The van der Waals surface area contributed by atoms with E-state index in [4.69, 9.17) is 0 Å². The molecule has 1 aliphatic rings. The van der Waals surface area contributed by atoms with Gasteiger partial charge in [0.15, 0.2) is 0 Å². The number of benzene rings is 1. The lowest BCUT2D eigenvalue weighted by molar-refractivity contribution is 0.237. The molecule has 27 heavy (non-hydrogen) atoms. The van der Waals surface area contributed by atoms with Crippen molar-refractivity contribution in [3.8, 4) is 0 Å². The summed E-state index contributed by atoms with van der Waals surface area (Å²) in [5.74, 6) is 0.774. The van der Waals surface area contributed by atoms with Gasteiger partial charge in [-0.15, -0.1) is 0 Å². The van der Waals surface area contributed by atoms with Crippen molar-refractivity contribution in [3.63, 3.8) is 0 Å². The van der Waals surface area contributed by atoms with E-state index in [-0.39, 0.29) is 0 Å². The number of aryl methyl sites for hydroxylation is 3. The fraction of sp³-hybridized carbons (Fsp3) is 0.458. The molecule has 1 aromatic carbocycles. The van der Waals surface area contributed by atoms with Crippen LogP contribution in [0.3, 0.4) is 0 Å². The van der Waals surface area contributed by atoms with Gasteiger partial charge >= 0.3 is 0 Å². The minimum absolute atomic E-state index is 0.774. The van der Waals surface area contributed by atoms with Crippen LogP contribution in [0.1, 0.15) is 42.8 Å². The van der Waals surface area contributed by atoms with Crippen molar-refractivity contribution in [1.29, 1.82) is 0 Å². The Labute approximate surface area is 163 Å². The van der Waals surface area contributed by atoms with Crippen molar-refractivity contribution in [2.75, 3.05) is 13.1 Å². The molecule has 3 heteroatoms. The SMILES string of the molecule is Cc1ccc(CCn2c3c(c4ccccc42)CN(CCC(C)C)CC3)cn1. The van der Waals surface area contributed by atoms with E-state index in [0.29, 0.717) is 0 Å². The molecule has 0 amide bonds. The van der Waals surface area contributed by atoms with Crippen molar-refractivity contribution in [2.45, 2.75) is 53.1 Å². The van der Waals surface area contributed by atoms with Gasteiger partial charge in [0, 0.05) is 54.5 Å². The Morgan fingerprint density at radius 2 is 1.93 bits per heavy atom. The summed E-state index contributed by atoms with van der Waals surface area (Å²) in [4.78, 5) is 7.10. The minimum Gasteiger partial charge on any atom is -0.344 e. The molecule has 0 radical (unpaired) electrons. The topological polar surface area (TPSA) is 21.1 Å². The smallest absolute Gasteiger partial charge is 0.0486 e. The number of pyridine rings is 1. The Balaban J connectivity index is 1.59. The molecular formula is C24H31N3. The third kappa shape index (κ3) is 3.93. The zero-order valence-corrected chi connectivity index (χ0v) is 16.9. The molecule has 4 rings (SSSR count). The van der Waals surface area contributed by atoms with E-state index in [9.17, 15) is 0 Å². The molecule has 3 nitrogen and oxygen atoms in total. The van der Waals surface area contributed by atoms with Gasteiger partial charge in [-0.1, -0.05) is 38.1 Å². The van der Waals surface area contributed by atoms with Crippen molar-refractivity contribution in [1.82, 2.24) is 14.5 Å². The van der Waals surface area contributed by atoms with E-state index >= 15 is 0 Å². The predicted molar refractivity (Wildman–Crippen MR) is 113 cm³/mol. The van der Waals surface area contributed by atoms with Crippen molar-refractivity contribution in [2.24, 2.45) is 5.92 Å². The van der Waals surface area contributed by atoms with Crippen molar-refractivity contribution >= 4 is 10.9 Å². The van der Waals surface area contributed by atoms with E-state index in [2.05, 4.69) is 64.7 Å². The first-order valence-electron chi connectivity index (χ1n) is 10.3. The number of hydrogen-bond acceptors (Lipinski definition) is 2. The summed E-state index contributed by atoms with van der Waals surface area (Å²) in [5.41, 5.74) is 6.92. The summed E-state index contributed by atoms with van der Waals surface area (Å²) < 4.78 is 2.57. The number of nitrogens with zero attached hydrogens (tertiary/aromatic N) is 3. The van der Waals surface area contributed by atoms with Crippen LogP contribution in [0.2, 0.25) is 0 Å². The summed E-state index contributed by atoms with van der Waals surface area (Å²) in [7, 11) is 0. The monoisotopic (exact) mass is 361 g/mol. The van der Waals surface area contributed by atoms with Crippen molar-refractivity contribution in [3.05, 3.63) is 65.1 Å². The fourth-order valence-corrected chi connectivity index (χ4v) is 4.23. The van der Waals surface area contributed by atoms with E-state index < -0.39 is 0 Å². The van der Waals surface area contributed by atoms with Crippen LogP contribution in [-0.2, 0) is 25.9 Å². The maximum Gasteiger partial charge on any atom is 0.0486 e. The number of fused-ring (bicyclic) bond motifs is 3. The molecule has 142 valence electrons. The number of para-hydroxylation sites is 1. The van der Waals surface area contributed by atoms with Gasteiger partial charge in [-0.2, -0.15) is 0 Å². The van der Waals surface area contributed by atoms with Crippen LogP contribution >= 0.6 is 0 Å². The van der Waals surface area contributed by atoms with E-state index in [1.54, 1.807) is 11.3 Å². The number of hydrogen-bond donors (Lipinski definition) is 0. The van der Waals surface area contributed by atoms with Crippen molar-refractivity contribution < 1.29 is 0 Å². The molecule has 0 N–H and O–H groups in total. The Morgan fingerprint density at radius 1 is 1.07 bits per heavy atom. The Bertz CT molecular complexity index is 905. The Kier molecular flexibility index (Phi) is 5.31. The molecule has 0 atom stereocenters. The first-order chi connectivity index (χ1) is 13.1. The van der Waals surface area contributed by atoms with Crippen LogP contribution in [0, 0.1) is 12.8 Å². The van der Waals surface area contributed by atoms with Crippen LogP contribution < -0.4 is 0 Å². The normalized spacial score (nSPS) is 14.8. The van der Waals surface area contributed by atoms with E-state index in [1.807, 2.05) is 13.1 Å². The van der Waals surface area contributed by atoms with Crippen LogP contribution in [0.15, 0.2) is 42.6 Å². The third-order valence-corrected chi connectivity index (χ3v) is 5.86. The number of rotatable bonds is 6. The highest BCUT2D eigenvalue weighted by Crippen LogP contribution is 2.31. The number of aromatic nitrogens is 2. The van der Waals surface area contributed by atoms with Crippen LogP contribution in [0.5, 0.6) is 0 Å². The quantitative estimate of drug-likeness (QED) is 0.616. The first-order valence-corrected chi connectivity index (χ1v) is 10.3. The molecule has 0 saturated heterocycles. The van der Waals surface area contributed by atoms with Gasteiger partial charge in [0.25, 0.3) is 0 Å². The summed E-state index contributed by atoms with van der Waals surface area (Å²) in [6.45, 7) is 11.2. The molecule has 0 unspecified atom stereocenters. The second kappa shape index (κ2) is 7.85. The summed E-state index contributed by atoms with van der Waals surface area (Å²) in [6.07, 6.45) is 5.51. The van der Waals surface area contributed by atoms with Gasteiger partial charge in [0.1, 0.15) is 0 Å². The Morgan fingerprint density at radius 3 is 2.70 bits per heavy atom. The molecule has 2 aromatic heterocycles. The van der Waals surface area contributed by atoms with Crippen LogP contribution in [-0.4, -0.2) is 27.5 Å². The lowest BCUT2D eigenvalue weighted by Crippen LogP contribution is -2.32. The lowest BCUT2D eigenvalue weighted by Gasteiger charge is -2.28. The highest BCUT2D eigenvalue weighted by molar-refractivity contribution is 5.85. The molecule has 0 aliphatic carbocycles. The molecule has 0 bridgehead atoms. The molecule has 1 aliphatic heterocycles. The lowest BCUT2D eigenvalue weighted by atomic mass is 10.0. The van der Waals surface area contributed by atoms with Gasteiger partial charge < -0.3 is 4.57 Å². The zero-order valence-electron chi connectivity index (χ0n) is 16.9. The average molecular weight is 362 g/mol. The second-order valence-electron chi connectivity index (χ2n) is 8.36. The highest BCUT2D eigenvalue weighted by atomic mass is 15.1. The second-order valence-corrected chi connectivity index (χ2v) is 8.36. The molecular weight excluding hydrogens is 330 g/mol. The summed E-state index contributed by atoms with van der Waals surface area (Å²) in [6, 6.07) is 13.3. The average Bonchev–Trinajstić information content (AvgIpc) is 2.99. The maximum atomic E-state index is 4.46. The van der Waals surface area contributed by atoms with Crippen LogP contribution in [0.4, 0.5) is 0 Å². The minimum atomic E-state index is 0.774. The van der Waals surface area contributed by atoms with Gasteiger partial charge in [-0.25, -0.2) is 0 Å². The van der Waals surface area contributed by atoms with Crippen LogP contribution in [0.25, 0.3) is 10.9 Å². The third-order valence-electron chi connectivity index (χ3n) is 5.86. The maximum absolute atomic E-state index is 4.46. The highest BCUT2D eigenvalue weighted by Gasteiger charge is 2.23. The predicted octanol–water partition coefficient (Wildman–Crippen LogP) is 4.99. The zero-order chi connectivity index (χ0) is 18.8. The summed E-state index contributed by atoms with van der Waals surface area (Å²) >= 11 is 0.